The average Bonchev–Trinajstić information content (AvgIpc) is 3.51. The Kier molecular flexibility index (Phi) is 7.49. The molecule has 8 nitrogen and oxygen atoms in total. The molecule has 1 saturated carbocycles. The van der Waals surface area contributed by atoms with Crippen LogP contribution >= 0.6 is 11.3 Å². The van der Waals surface area contributed by atoms with Crippen molar-refractivity contribution in [3.8, 4) is 0 Å². The molecule has 2 aliphatic rings. The molecule has 1 aliphatic carbocycles. The first-order valence-corrected chi connectivity index (χ1v) is 12.7. The Hall–Kier alpha value is -3.27. The second-order valence-corrected chi connectivity index (χ2v) is 10.2. The second kappa shape index (κ2) is 10.6. The van der Waals surface area contributed by atoms with Crippen molar-refractivity contribution in [3.63, 3.8) is 0 Å². The van der Waals surface area contributed by atoms with Crippen LogP contribution in [0.1, 0.15) is 75.1 Å². The summed E-state index contributed by atoms with van der Waals surface area (Å²) in [7, 11) is 0. The number of nitrogens with zero attached hydrogens (tertiary/aromatic N) is 1. The highest BCUT2D eigenvalue weighted by Gasteiger charge is 2.30. The number of halogens is 1. The number of anilines is 1. The van der Waals surface area contributed by atoms with Gasteiger partial charge in [0, 0.05) is 35.3 Å². The highest BCUT2D eigenvalue weighted by atomic mass is 32.1. The number of amides is 3. The van der Waals surface area contributed by atoms with E-state index in [-0.39, 0.29) is 34.7 Å². The minimum Gasteiger partial charge on any atom is -0.398 e. The van der Waals surface area contributed by atoms with Crippen LogP contribution in [0.3, 0.4) is 0 Å². The maximum Gasteiger partial charge on any atom is 0.261 e. The lowest BCUT2D eigenvalue weighted by atomic mass is 10.1. The fourth-order valence-electron chi connectivity index (χ4n) is 4.65. The Morgan fingerprint density at radius 3 is 2.66 bits per heavy atom. The van der Waals surface area contributed by atoms with Crippen LogP contribution in [0.5, 0.6) is 0 Å². The van der Waals surface area contributed by atoms with E-state index in [0.29, 0.717) is 30.8 Å². The summed E-state index contributed by atoms with van der Waals surface area (Å²) in [4.78, 5) is 42.1. The van der Waals surface area contributed by atoms with Gasteiger partial charge >= 0.3 is 0 Å². The molecule has 10 heteroatoms. The van der Waals surface area contributed by atoms with E-state index in [1.165, 1.54) is 29.5 Å². The van der Waals surface area contributed by atoms with Gasteiger partial charge < -0.3 is 21.3 Å². The van der Waals surface area contributed by atoms with Gasteiger partial charge in [0.1, 0.15) is 6.04 Å². The summed E-state index contributed by atoms with van der Waals surface area (Å²) in [5, 5.41) is 13.0. The van der Waals surface area contributed by atoms with E-state index >= 15 is 0 Å². The molecular weight excluding hydrogens is 469 g/mol. The molecule has 5 N–H and O–H groups in total. The third-order valence-corrected chi connectivity index (χ3v) is 7.89. The number of nitrogen functional groups attached to an aromatic ring is 1. The summed E-state index contributed by atoms with van der Waals surface area (Å²) >= 11 is 1.49. The van der Waals surface area contributed by atoms with Gasteiger partial charge in [-0.1, -0.05) is 19.8 Å². The zero-order valence-corrected chi connectivity index (χ0v) is 20.5. The van der Waals surface area contributed by atoms with Crippen molar-refractivity contribution in [2.45, 2.75) is 64.1 Å². The van der Waals surface area contributed by atoms with Crippen LogP contribution < -0.4 is 16.4 Å². The van der Waals surface area contributed by atoms with Crippen LogP contribution in [0.25, 0.3) is 0 Å². The number of hydrogen-bond donors (Lipinski definition) is 4. The maximum absolute atomic E-state index is 13.4. The summed E-state index contributed by atoms with van der Waals surface area (Å²) in [6.45, 7) is 2.70. The fraction of sp³-hybridized carbons (Fsp3) is 0.440. The van der Waals surface area contributed by atoms with Crippen molar-refractivity contribution < 1.29 is 18.8 Å². The molecule has 0 bridgehead atoms. The van der Waals surface area contributed by atoms with Gasteiger partial charge in [-0.15, -0.1) is 11.3 Å². The fourth-order valence-corrected chi connectivity index (χ4v) is 5.71. The standard InChI is InChI=1S/C25H30FN5O3S/c1-2-19(30-23(32)14-7-8-18(27)17(11-14)22(26)28)25(34)31-10-9-20-15(13-31)12-21(35-20)24(33)29-16-5-3-4-6-16/h7-8,11-12,16,19,28H,2-6,9-10,13,27H2,1H3,(H,29,33)(H,30,32)/t19-/m1/s1. The van der Waals surface area contributed by atoms with E-state index in [2.05, 4.69) is 10.6 Å². The molecule has 2 heterocycles. The van der Waals surface area contributed by atoms with E-state index in [1.807, 2.05) is 6.07 Å². The second-order valence-electron chi connectivity index (χ2n) is 9.07. The van der Waals surface area contributed by atoms with Crippen LogP contribution in [0.15, 0.2) is 24.3 Å². The quantitative estimate of drug-likeness (QED) is 0.344. The number of carbonyl (C=O) groups excluding carboxylic acids is 3. The van der Waals surface area contributed by atoms with Gasteiger partial charge in [0.2, 0.25) is 11.9 Å². The zero-order valence-electron chi connectivity index (χ0n) is 19.7. The summed E-state index contributed by atoms with van der Waals surface area (Å²) in [6, 6.07) is 5.39. The largest absolute Gasteiger partial charge is 0.398 e. The molecule has 0 unspecified atom stereocenters. The van der Waals surface area contributed by atoms with Crippen LogP contribution in [0.4, 0.5) is 10.1 Å². The Balaban J connectivity index is 1.40. The van der Waals surface area contributed by atoms with Gasteiger partial charge in [0.25, 0.3) is 11.8 Å². The number of nitrogens with one attached hydrogen (secondary N) is 3. The van der Waals surface area contributed by atoms with E-state index in [4.69, 9.17) is 11.1 Å². The number of hydrogen-bond acceptors (Lipinski definition) is 6. The van der Waals surface area contributed by atoms with Gasteiger partial charge in [-0.25, -0.2) is 0 Å². The van der Waals surface area contributed by atoms with Gasteiger partial charge in [0.15, 0.2) is 0 Å². The van der Waals surface area contributed by atoms with E-state index < -0.39 is 17.9 Å². The molecule has 3 amide bonds. The molecule has 186 valence electrons. The summed E-state index contributed by atoms with van der Waals surface area (Å²) < 4.78 is 13.4. The maximum atomic E-state index is 13.4. The Labute approximate surface area is 207 Å². The molecule has 1 aliphatic heterocycles. The molecule has 1 aromatic heterocycles. The molecular formula is C25H30FN5O3S. The van der Waals surface area contributed by atoms with Crippen LogP contribution in [-0.4, -0.2) is 47.2 Å². The van der Waals surface area contributed by atoms with Gasteiger partial charge in [0.05, 0.1) is 10.4 Å². The summed E-state index contributed by atoms with van der Waals surface area (Å²) in [5.74, 6) is -2.01. The van der Waals surface area contributed by atoms with Gasteiger partial charge in [-0.3, -0.25) is 19.8 Å². The normalized spacial score (nSPS) is 16.5. The average molecular weight is 500 g/mol. The predicted molar refractivity (Wildman–Crippen MR) is 133 cm³/mol. The molecule has 1 aromatic carbocycles. The lowest BCUT2D eigenvalue weighted by molar-refractivity contribution is -0.134. The number of nitrogens with two attached hydrogens (primary N) is 1. The minimum atomic E-state index is -1.23. The molecule has 2 aromatic rings. The van der Waals surface area contributed by atoms with Crippen molar-refractivity contribution in [2.24, 2.45) is 0 Å². The molecule has 0 radical (unpaired) electrons. The van der Waals surface area contributed by atoms with Crippen molar-refractivity contribution in [1.29, 1.82) is 5.41 Å². The van der Waals surface area contributed by atoms with E-state index in [0.717, 1.165) is 36.1 Å². The highest BCUT2D eigenvalue weighted by Crippen LogP contribution is 2.29. The predicted octanol–water partition coefficient (Wildman–Crippen LogP) is 3.39. The molecule has 0 saturated heterocycles. The van der Waals surface area contributed by atoms with E-state index in [9.17, 15) is 18.8 Å². The number of benzene rings is 1. The number of fused-ring (bicyclic) bond motifs is 1. The van der Waals surface area contributed by atoms with Gasteiger partial charge in [-0.05, 0) is 55.5 Å². The molecule has 4 rings (SSSR count). The lowest BCUT2D eigenvalue weighted by Crippen LogP contribution is -2.49. The molecule has 1 fully saturated rings. The van der Waals surface area contributed by atoms with Crippen molar-refractivity contribution >= 4 is 40.7 Å². The molecule has 1 atom stereocenters. The third kappa shape index (κ3) is 5.53. The topological polar surface area (TPSA) is 128 Å². The van der Waals surface area contributed by atoms with Crippen molar-refractivity contribution in [1.82, 2.24) is 15.5 Å². The SMILES string of the molecule is CC[C@@H](NC(=O)c1ccc(N)c(C(=N)F)c1)C(=O)N1CCc2sc(C(=O)NC3CCCC3)cc2C1. The van der Waals surface area contributed by atoms with Crippen LogP contribution in [-0.2, 0) is 17.8 Å². The first kappa shape index (κ1) is 24.8. The first-order chi connectivity index (χ1) is 16.8. The van der Waals surface area contributed by atoms with E-state index in [1.54, 1.807) is 11.8 Å². The molecule has 35 heavy (non-hydrogen) atoms. The number of thiophene rings is 1. The smallest absolute Gasteiger partial charge is 0.261 e. The number of rotatable bonds is 7. The molecule has 0 spiro atoms. The Morgan fingerprint density at radius 1 is 1.23 bits per heavy atom. The summed E-state index contributed by atoms with van der Waals surface area (Å²) in [6.07, 6.45) is 5.39. The Morgan fingerprint density at radius 2 is 1.97 bits per heavy atom. The lowest BCUT2D eigenvalue weighted by Gasteiger charge is -2.30. The van der Waals surface area contributed by atoms with Crippen LogP contribution in [0, 0.1) is 5.41 Å². The van der Waals surface area contributed by atoms with Crippen molar-refractivity contribution in [3.05, 3.63) is 50.7 Å². The summed E-state index contributed by atoms with van der Waals surface area (Å²) in [5.41, 5.74) is 6.66. The monoisotopic (exact) mass is 499 g/mol. The number of carbonyl (C=O) groups is 3. The minimum absolute atomic E-state index is 0.0443. The third-order valence-electron chi connectivity index (χ3n) is 6.66. The highest BCUT2D eigenvalue weighted by molar-refractivity contribution is 7.14. The Bertz CT molecular complexity index is 1160. The first-order valence-electron chi connectivity index (χ1n) is 11.9. The van der Waals surface area contributed by atoms with Crippen molar-refractivity contribution in [2.75, 3.05) is 12.3 Å². The van der Waals surface area contributed by atoms with Crippen LogP contribution in [0.2, 0.25) is 0 Å². The zero-order chi connectivity index (χ0) is 25.1. The van der Waals surface area contributed by atoms with Gasteiger partial charge in [-0.2, -0.15) is 4.39 Å².